The van der Waals surface area contributed by atoms with E-state index in [1.807, 2.05) is 0 Å². The van der Waals surface area contributed by atoms with Crippen molar-refractivity contribution in [1.82, 2.24) is 0 Å². The molecule has 0 unspecified atom stereocenters. The van der Waals surface area contributed by atoms with E-state index in [9.17, 15) is 8.78 Å². The van der Waals surface area contributed by atoms with E-state index in [-0.39, 0.29) is 0 Å². The Hall–Kier alpha value is -1.12. The van der Waals surface area contributed by atoms with Gasteiger partial charge in [0, 0.05) is 6.92 Å². The van der Waals surface area contributed by atoms with Crippen molar-refractivity contribution < 1.29 is 13.5 Å². The van der Waals surface area contributed by atoms with Crippen LogP contribution in [0.15, 0.2) is 24.3 Å². The number of methoxy groups -OCH3 is 1. The van der Waals surface area contributed by atoms with E-state index in [1.54, 1.807) is 31.4 Å². The summed E-state index contributed by atoms with van der Waals surface area (Å²) in [6, 6.07) is 7.13. The highest BCUT2D eigenvalue weighted by Gasteiger charge is 2.52. The van der Waals surface area contributed by atoms with Crippen LogP contribution in [0, 0.1) is 0 Å². The maximum Gasteiger partial charge on any atom is 0.254 e. The van der Waals surface area contributed by atoms with Crippen LogP contribution in [0.2, 0.25) is 0 Å². The molecule has 0 bridgehead atoms. The van der Waals surface area contributed by atoms with Crippen molar-refractivity contribution in [3.63, 3.8) is 0 Å². The SMILES string of the molecule is COc1cccc(C2(C(C)(F)F)CCCC2)c1. The van der Waals surface area contributed by atoms with E-state index in [1.165, 1.54) is 0 Å². The van der Waals surface area contributed by atoms with Gasteiger partial charge in [0.2, 0.25) is 0 Å². The van der Waals surface area contributed by atoms with Gasteiger partial charge in [-0.2, -0.15) is 0 Å². The van der Waals surface area contributed by atoms with Crippen LogP contribution in [0.3, 0.4) is 0 Å². The van der Waals surface area contributed by atoms with Gasteiger partial charge >= 0.3 is 0 Å². The molecule has 94 valence electrons. The lowest BCUT2D eigenvalue weighted by atomic mass is 9.74. The van der Waals surface area contributed by atoms with Crippen LogP contribution in [0.4, 0.5) is 8.78 Å². The molecule has 0 N–H and O–H groups in total. The van der Waals surface area contributed by atoms with Gasteiger partial charge in [-0.3, -0.25) is 0 Å². The molecule has 0 heterocycles. The highest BCUT2D eigenvalue weighted by atomic mass is 19.3. The molecule has 1 fully saturated rings. The summed E-state index contributed by atoms with van der Waals surface area (Å²) in [4.78, 5) is 0. The summed E-state index contributed by atoms with van der Waals surface area (Å²) in [5.74, 6) is -2.03. The molecule has 0 spiro atoms. The van der Waals surface area contributed by atoms with Crippen molar-refractivity contribution in [2.24, 2.45) is 0 Å². The van der Waals surface area contributed by atoms with Crippen molar-refractivity contribution >= 4 is 0 Å². The molecule has 0 amide bonds. The smallest absolute Gasteiger partial charge is 0.254 e. The maximum atomic E-state index is 14.0. The summed E-state index contributed by atoms with van der Waals surface area (Å²) in [5, 5.41) is 0. The fourth-order valence-electron chi connectivity index (χ4n) is 2.88. The highest BCUT2D eigenvalue weighted by molar-refractivity contribution is 5.36. The summed E-state index contributed by atoms with van der Waals surface area (Å²) in [7, 11) is 1.56. The Kier molecular flexibility index (Phi) is 3.11. The summed E-state index contributed by atoms with van der Waals surface area (Å²) in [5.41, 5.74) is -0.288. The highest BCUT2D eigenvalue weighted by Crippen LogP contribution is 2.51. The largest absolute Gasteiger partial charge is 0.497 e. The standard InChI is InChI=1S/C14H18F2O/c1-13(15,16)14(8-3-4-9-14)11-6-5-7-12(10-11)17-2/h5-7,10H,3-4,8-9H2,1-2H3. The fourth-order valence-corrected chi connectivity index (χ4v) is 2.88. The number of benzene rings is 1. The molecule has 3 heteroatoms. The molecule has 2 rings (SSSR count). The molecule has 1 saturated carbocycles. The summed E-state index contributed by atoms with van der Waals surface area (Å²) >= 11 is 0. The number of ether oxygens (including phenoxy) is 1. The minimum atomic E-state index is -2.68. The van der Waals surface area contributed by atoms with Gasteiger partial charge < -0.3 is 4.74 Å². The summed E-state index contributed by atoms with van der Waals surface area (Å²) in [6.45, 7) is 1.04. The molecule has 1 aromatic rings. The van der Waals surface area contributed by atoms with E-state index in [0.29, 0.717) is 24.2 Å². The molecule has 0 aliphatic heterocycles. The average molecular weight is 240 g/mol. The van der Waals surface area contributed by atoms with Crippen LogP contribution in [0.5, 0.6) is 5.75 Å². The van der Waals surface area contributed by atoms with E-state index >= 15 is 0 Å². The van der Waals surface area contributed by atoms with Crippen LogP contribution in [-0.4, -0.2) is 13.0 Å². The Balaban J connectivity index is 2.46. The van der Waals surface area contributed by atoms with E-state index < -0.39 is 11.3 Å². The van der Waals surface area contributed by atoms with Gasteiger partial charge in [0.1, 0.15) is 5.75 Å². The zero-order valence-corrected chi connectivity index (χ0v) is 10.3. The fraction of sp³-hybridized carbons (Fsp3) is 0.571. The monoisotopic (exact) mass is 240 g/mol. The summed E-state index contributed by atoms with van der Waals surface area (Å²) < 4.78 is 33.1. The van der Waals surface area contributed by atoms with E-state index in [2.05, 4.69) is 0 Å². The Morgan fingerprint density at radius 3 is 2.41 bits per heavy atom. The Bertz CT molecular complexity index is 389. The molecule has 0 aromatic heterocycles. The normalized spacial score (nSPS) is 19.3. The van der Waals surface area contributed by atoms with Crippen molar-refractivity contribution in [3.8, 4) is 5.75 Å². The zero-order chi connectivity index (χ0) is 12.5. The molecule has 1 aromatic carbocycles. The van der Waals surface area contributed by atoms with Gasteiger partial charge in [0.25, 0.3) is 5.92 Å². The first-order valence-electron chi connectivity index (χ1n) is 6.02. The number of hydrogen-bond donors (Lipinski definition) is 0. The van der Waals surface area contributed by atoms with Gasteiger partial charge in [-0.25, -0.2) is 8.78 Å². The lowest BCUT2D eigenvalue weighted by molar-refractivity contribution is -0.0600. The zero-order valence-electron chi connectivity index (χ0n) is 10.3. The average Bonchev–Trinajstić information content (AvgIpc) is 2.79. The van der Waals surface area contributed by atoms with Gasteiger partial charge in [-0.15, -0.1) is 0 Å². The van der Waals surface area contributed by atoms with Gasteiger partial charge in [-0.05, 0) is 30.5 Å². The van der Waals surface area contributed by atoms with Crippen LogP contribution in [0.25, 0.3) is 0 Å². The summed E-state index contributed by atoms with van der Waals surface area (Å²) in [6.07, 6.45) is 2.87. The van der Waals surface area contributed by atoms with Crippen LogP contribution >= 0.6 is 0 Å². The van der Waals surface area contributed by atoms with Crippen molar-refractivity contribution in [2.75, 3.05) is 7.11 Å². The van der Waals surface area contributed by atoms with Crippen molar-refractivity contribution in [3.05, 3.63) is 29.8 Å². The third-order valence-corrected chi connectivity index (χ3v) is 3.92. The number of alkyl halides is 2. The van der Waals surface area contributed by atoms with Gasteiger partial charge in [0.05, 0.1) is 12.5 Å². The lowest BCUT2D eigenvalue weighted by Gasteiger charge is -2.35. The van der Waals surface area contributed by atoms with E-state index in [4.69, 9.17) is 4.74 Å². The molecule has 0 radical (unpaired) electrons. The second-order valence-corrected chi connectivity index (χ2v) is 4.91. The number of halogens is 2. The molecule has 1 aliphatic carbocycles. The minimum Gasteiger partial charge on any atom is -0.497 e. The van der Waals surface area contributed by atoms with Crippen molar-refractivity contribution in [2.45, 2.75) is 43.9 Å². The predicted octanol–water partition coefficient (Wildman–Crippen LogP) is 4.16. The van der Waals surface area contributed by atoms with Gasteiger partial charge in [-0.1, -0.05) is 25.0 Å². The Morgan fingerprint density at radius 1 is 1.24 bits per heavy atom. The molecule has 17 heavy (non-hydrogen) atoms. The molecule has 1 nitrogen and oxygen atoms in total. The molecule has 0 atom stereocenters. The Morgan fingerprint density at radius 2 is 1.88 bits per heavy atom. The third-order valence-electron chi connectivity index (χ3n) is 3.92. The molecular formula is C14H18F2O. The Labute approximate surface area is 101 Å². The third kappa shape index (κ3) is 2.03. The first kappa shape index (κ1) is 12.3. The van der Waals surface area contributed by atoms with E-state index in [0.717, 1.165) is 19.8 Å². The second-order valence-electron chi connectivity index (χ2n) is 4.91. The molecular weight excluding hydrogens is 222 g/mol. The number of rotatable bonds is 3. The first-order chi connectivity index (χ1) is 7.99. The molecule has 0 saturated heterocycles. The van der Waals surface area contributed by atoms with Crippen molar-refractivity contribution in [1.29, 1.82) is 0 Å². The first-order valence-corrected chi connectivity index (χ1v) is 6.02. The van der Waals surface area contributed by atoms with Crippen LogP contribution in [-0.2, 0) is 5.41 Å². The quantitative estimate of drug-likeness (QED) is 0.770. The lowest BCUT2D eigenvalue weighted by Crippen LogP contribution is -2.40. The minimum absolute atomic E-state index is 0.559. The van der Waals surface area contributed by atoms with Crippen LogP contribution < -0.4 is 4.74 Å². The second kappa shape index (κ2) is 4.28. The molecule has 1 aliphatic rings. The predicted molar refractivity (Wildman–Crippen MR) is 63.8 cm³/mol. The maximum absolute atomic E-state index is 14.0. The van der Waals surface area contributed by atoms with Crippen LogP contribution in [0.1, 0.15) is 38.2 Å². The number of hydrogen-bond acceptors (Lipinski definition) is 1. The van der Waals surface area contributed by atoms with Gasteiger partial charge in [0.15, 0.2) is 0 Å². The topological polar surface area (TPSA) is 9.23 Å².